The van der Waals surface area contributed by atoms with Crippen LogP contribution in [0.1, 0.15) is 16.7 Å². The molecule has 0 bridgehead atoms. The quantitative estimate of drug-likeness (QED) is 0.882. The van der Waals surface area contributed by atoms with E-state index in [0.717, 1.165) is 11.1 Å². The van der Waals surface area contributed by atoms with Crippen LogP contribution < -0.4 is 5.73 Å². The van der Waals surface area contributed by atoms with Crippen molar-refractivity contribution in [3.8, 4) is 0 Å². The Kier molecular flexibility index (Phi) is 3.67. The van der Waals surface area contributed by atoms with E-state index < -0.39 is 11.5 Å². The normalized spacial score (nSPS) is 13.8. The maximum atomic E-state index is 11.6. The van der Waals surface area contributed by atoms with Crippen LogP contribution in [0.15, 0.2) is 54.6 Å². The number of carboxylic acid groups (broad SMARTS) is 1. The van der Waals surface area contributed by atoms with E-state index in [-0.39, 0.29) is 6.42 Å². The van der Waals surface area contributed by atoms with E-state index in [9.17, 15) is 9.90 Å². The zero-order chi connectivity index (χ0) is 13.9. The van der Waals surface area contributed by atoms with E-state index in [2.05, 4.69) is 0 Å². The number of aliphatic carboxylic acids is 1. The second-order valence-electron chi connectivity index (χ2n) is 4.80. The highest BCUT2D eigenvalue weighted by atomic mass is 16.4. The average molecular weight is 255 g/mol. The molecule has 0 radical (unpaired) electrons. The molecule has 1 atom stereocenters. The van der Waals surface area contributed by atoms with Crippen LogP contribution in [-0.2, 0) is 16.8 Å². The molecule has 0 heterocycles. The molecule has 0 amide bonds. The summed E-state index contributed by atoms with van der Waals surface area (Å²) in [6.45, 7) is 1.99. The van der Waals surface area contributed by atoms with Crippen LogP contribution in [0, 0.1) is 6.92 Å². The lowest BCUT2D eigenvalue weighted by Crippen LogP contribution is -2.46. The Morgan fingerprint density at radius 3 is 2.21 bits per heavy atom. The van der Waals surface area contributed by atoms with Crippen molar-refractivity contribution in [2.45, 2.75) is 18.9 Å². The summed E-state index contributed by atoms with van der Waals surface area (Å²) in [5.41, 5.74) is 7.41. The van der Waals surface area contributed by atoms with Gasteiger partial charge in [0.1, 0.15) is 5.54 Å². The van der Waals surface area contributed by atoms with E-state index in [1.54, 1.807) is 24.3 Å². The fraction of sp³-hybridized carbons (Fsp3) is 0.188. The molecule has 0 saturated carbocycles. The van der Waals surface area contributed by atoms with Crippen molar-refractivity contribution < 1.29 is 9.90 Å². The summed E-state index contributed by atoms with van der Waals surface area (Å²) in [6, 6.07) is 16.7. The van der Waals surface area contributed by atoms with Gasteiger partial charge in [-0.05, 0) is 18.1 Å². The molecule has 0 fully saturated rings. The molecule has 0 aromatic heterocycles. The fourth-order valence-electron chi connectivity index (χ4n) is 2.06. The maximum Gasteiger partial charge on any atom is 0.328 e. The van der Waals surface area contributed by atoms with Gasteiger partial charge in [0.25, 0.3) is 0 Å². The molecule has 0 aliphatic rings. The second kappa shape index (κ2) is 5.24. The maximum absolute atomic E-state index is 11.6. The van der Waals surface area contributed by atoms with Crippen molar-refractivity contribution in [1.82, 2.24) is 0 Å². The number of hydrogen-bond acceptors (Lipinski definition) is 2. The fourth-order valence-corrected chi connectivity index (χ4v) is 2.06. The average Bonchev–Trinajstić information content (AvgIpc) is 2.42. The largest absolute Gasteiger partial charge is 0.480 e. The highest BCUT2D eigenvalue weighted by molar-refractivity contribution is 5.81. The minimum Gasteiger partial charge on any atom is -0.480 e. The van der Waals surface area contributed by atoms with Gasteiger partial charge in [0, 0.05) is 6.42 Å². The molecule has 0 aliphatic carbocycles. The molecule has 2 aromatic carbocycles. The van der Waals surface area contributed by atoms with E-state index in [0.29, 0.717) is 5.56 Å². The summed E-state index contributed by atoms with van der Waals surface area (Å²) in [6.07, 6.45) is 0.270. The lowest BCUT2D eigenvalue weighted by molar-refractivity contribution is -0.143. The van der Waals surface area contributed by atoms with Crippen LogP contribution in [0.5, 0.6) is 0 Å². The molecule has 19 heavy (non-hydrogen) atoms. The van der Waals surface area contributed by atoms with Gasteiger partial charge in [-0.15, -0.1) is 0 Å². The van der Waals surface area contributed by atoms with E-state index >= 15 is 0 Å². The number of aryl methyl sites for hydroxylation is 1. The molecule has 98 valence electrons. The van der Waals surface area contributed by atoms with Crippen molar-refractivity contribution in [1.29, 1.82) is 0 Å². The summed E-state index contributed by atoms with van der Waals surface area (Å²) < 4.78 is 0. The van der Waals surface area contributed by atoms with Crippen LogP contribution in [0.2, 0.25) is 0 Å². The molecular formula is C16H17NO2. The number of nitrogens with two attached hydrogens (primary N) is 1. The van der Waals surface area contributed by atoms with Crippen molar-refractivity contribution in [2.24, 2.45) is 5.73 Å². The Hall–Kier alpha value is -2.13. The SMILES string of the molecule is Cc1ccc(CC(N)(C(=O)O)c2ccccc2)cc1. The van der Waals surface area contributed by atoms with Crippen molar-refractivity contribution >= 4 is 5.97 Å². The van der Waals surface area contributed by atoms with Crippen LogP contribution in [0.4, 0.5) is 0 Å². The van der Waals surface area contributed by atoms with Crippen LogP contribution in [0.3, 0.4) is 0 Å². The van der Waals surface area contributed by atoms with Gasteiger partial charge >= 0.3 is 5.97 Å². The highest BCUT2D eigenvalue weighted by Crippen LogP contribution is 2.23. The van der Waals surface area contributed by atoms with Crippen molar-refractivity contribution in [2.75, 3.05) is 0 Å². The summed E-state index contributed by atoms with van der Waals surface area (Å²) >= 11 is 0. The molecule has 3 heteroatoms. The minimum atomic E-state index is -1.39. The van der Waals surface area contributed by atoms with Crippen LogP contribution in [-0.4, -0.2) is 11.1 Å². The van der Waals surface area contributed by atoms with Crippen molar-refractivity contribution in [3.05, 3.63) is 71.3 Å². The number of rotatable bonds is 4. The predicted molar refractivity (Wildman–Crippen MR) is 74.8 cm³/mol. The van der Waals surface area contributed by atoms with Crippen LogP contribution in [0.25, 0.3) is 0 Å². The monoisotopic (exact) mass is 255 g/mol. The number of carboxylic acids is 1. The summed E-state index contributed by atoms with van der Waals surface area (Å²) in [5.74, 6) is -1.01. The van der Waals surface area contributed by atoms with E-state index in [1.165, 1.54) is 0 Å². The van der Waals surface area contributed by atoms with Gasteiger partial charge in [-0.25, -0.2) is 4.79 Å². The van der Waals surface area contributed by atoms with Crippen molar-refractivity contribution in [3.63, 3.8) is 0 Å². The molecule has 3 N–H and O–H groups in total. The first-order valence-corrected chi connectivity index (χ1v) is 6.16. The Morgan fingerprint density at radius 2 is 1.68 bits per heavy atom. The third-order valence-electron chi connectivity index (χ3n) is 3.27. The standard InChI is InChI=1S/C16H17NO2/c1-12-7-9-13(10-8-12)11-16(17,15(18)19)14-5-3-2-4-6-14/h2-10H,11,17H2,1H3,(H,18,19). The van der Waals surface area contributed by atoms with Gasteiger partial charge in [0.15, 0.2) is 0 Å². The molecular weight excluding hydrogens is 238 g/mol. The summed E-state index contributed by atoms with van der Waals surface area (Å²) in [4.78, 5) is 11.6. The third-order valence-corrected chi connectivity index (χ3v) is 3.27. The van der Waals surface area contributed by atoms with Gasteiger partial charge in [-0.2, -0.15) is 0 Å². The predicted octanol–water partition coefficient (Wildman–Crippen LogP) is 2.48. The lowest BCUT2D eigenvalue weighted by Gasteiger charge is -2.25. The molecule has 3 nitrogen and oxygen atoms in total. The minimum absolute atomic E-state index is 0.270. The molecule has 0 aliphatic heterocycles. The van der Waals surface area contributed by atoms with Gasteiger partial charge in [-0.3, -0.25) is 0 Å². The molecule has 2 aromatic rings. The summed E-state index contributed by atoms with van der Waals surface area (Å²) in [5, 5.41) is 9.48. The van der Waals surface area contributed by atoms with Gasteiger partial charge < -0.3 is 10.8 Å². The first-order chi connectivity index (χ1) is 9.02. The third kappa shape index (κ3) is 2.83. The number of benzene rings is 2. The molecule has 0 spiro atoms. The molecule has 0 saturated heterocycles. The number of carbonyl (C=O) groups is 1. The van der Waals surface area contributed by atoms with E-state index in [1.807, 2.05) is 37.3 Å². The molecule has 1 unspecified atom stereocenters. The second-order valence-corrected chi connectivity index (χ2v) is 4.80. The lowest BCUT2D eigenvalue weighted by atomic mass is 9.84. The number of hydrogen-bond donors (Lipinski definition) is 2. The topological polar surface area (TPSA) is 63.3 Å². The Labute approximate surface area is 112 Å². The Balaban J connectivity index is 2.36. The first kappa shape index (κ1) is 13.3. The Bertz CT molecular complexity index is 563. The van der Waals surface area contributed by atoms with Gasteiger partial charge in [0.05, 0.1) is 0 Å². The Morgan fingerprint density at radius 1 is 1.11 bits per heavy atom. The zero-order valence-corrected chi connectivity index (χ0v) is 10.8. The van der Waals surface area contributed by atoms with E-state index in [4.69, 9.17) is 5.73 Å². The zero-order valence-electron chi connectivity index (χ0n) is 10.8. The van der Waals surface area contributed by atoms with Crippen LogP contribution >= 0.6 is 0 Å². The highest BCUT2D eigenvalue weighted by Gasteiger charge is 2.35. The summed E-state index contributed by atoms with van der Waals surface area (Å²) in [7, 11) is 0. The molecule has 2 rings (SSSR count). The smallest absolute Gasteiger partial charge is 0.328 e. The first-order valence-electron chi connectivity index (χ1n) is 6.16. The van der Waals surface area contributed by atoms with Gasteiger partial charge in [0.2, 0.25) is 0 Å². The van der Waals surface area contributed by atoms with Gasteiger partial charge in [-0.1, -0.05) is 60.2 Å².